The summed E-state index contributed by atoms with van der Waals surface area (Å²) < 4.78 is 1.31. The summed E-state index contributed by atoms with van der Waals surface area (Å²) in [4.78, 5) is 0. The lowest BCUT2D eigenvalue weighted by Crippen LogP contribution is -2.00. The zero-order valence-electron chi connectivity index (χ0n) is 4.85. The Hall–Kier alpha value is -0.620. The van der Waals surface area contributed by atoms with Crippen molar-refractivity contribution in [3.63, 3.8) is 0 Å². The molecule has 0 aliphatic carbocycles. The van der Waals surface area contributed by atoms with Crippen molar-refractivity contribution in [3.8, 4) is 0 Å². The highest BCUT2D eigenvalue weighted by molar-refractivity contribution is 7.98. The molecule has 0 amide bonds. The number of aliphatic hydroxyl groups excluding tert-OH is 1. The lowest BCUT2D eigenvalue weighted by molar-refractivity contribution is 0.182. The van der Waals surface area contributed by atoms with E-state index in [1.54, 1.807) is 0 Å². The summed E-state index contributed by atoms with van der Waals surface area (Å²) in [6, 6.07) is 0. The standard InChI is InChI=1S/C3H6N4OS/c1-9-3-4-5-6-7(3)2-8/h8H,2H2,1H3. The molecule has 9 heavy (non-hydrogen) atoms. The van der Waals surface area contributed by atoms with Gasteiger partial charge in [0.15, 0.2) is 0 Å². The predicted octanol–water partition coefficient (Wildman–Crippen LogP) is -0.655. The van der Waals surface area contributed by atoms with Crippen molar-refractivity contribution in [1.29, 1.82) is 0 Å². The van der Waals surface area contributed by atoms with Crippen molar-refractivity contribution in [2.24, 2.45) is 0 Å². The van der Waals surface area contributed by atoms with Crippen molar-refractivity contribution in [3.05, 3.63) is 0 Å². The van der Waals surface area contributed by atoms with Gasteiger partial charge in [-0.1, -0.05) is 11.8 Å². The third kappa shape index (κ3) is 1.19. The molecular weight excluding hydrogens is 140 g/mol. The highest BCUT2D eigenvalue weighted by Gasteiger charge is 1.99. The van der Waals surface area contributed by atoms with Gasteiger partial charge < -0.3 is 5.11 Å². The molecule has 1 heterocycles. The van der Waals surface area contributed by atoms with Crippen molar-refractivity contribution in [2.45, 2.75) is 11.9 Å². The Morgan fingerprint density at radius 2 is 2.56 bits per heavy atom. The van der Waals surface area contributed by atoms with E-state index in [0.717, 1.165) is 0 Å². The second kappa shape index (κ2) is 2.79. The van der Waals surface area contributed by atoms with E-state index >= 15 is 0 Å². The first-order valence-electron chi connectivity index (χ1n) is 2.29. The molecule has 0 aliphatic heterocycles. The Morgan fingerprint density at radius 3 is 3.00 bits per heavy atom. The Morgan fingerprint density at radius 1 is 1.78 bits per heavy atom. The average Bonchev–Trinajstić information content (AvgIpc) is 2.33. The number of aromatic nitrogens is 4. The van der Waals surface area contributed by atoms with Crippen molar-refractivity contribution < 1.29 is 5.11 Å². The molecule has 5 nitrogen and oxygen atoms in total. The zero-order chi connectivity index (χ0) is 6.69. The summed E-state index contributed by atoms with van der Waals surface area (Å²) in [7, 11) is 0. The summed E-state index contributed by atoms with van der Waals surface area (Å²) in [5.41, 5.74) is 0. The van der Waals surface area contributed by atoms with Crippen LogP contribution in [0.4, 0.5) is 0 Å². The molecule has 6 heteroatoms. The van der Waals surface area contributed by atoms with Gasteiger partial charge in [-0.25, -0.2) is 0 Å². The molecule has 0 fully saturated rings. The van der Waals surface area contributed by atoms with E-state index in [1.165, 1.54) is 16.4 Å². The summed E-state index contributed by atoms with van der Waals surface area (Å²) in [5.74, 6) is 0. The first-order valence-corrected chi connectivity index (χ1v) is 3.52. The van der Waals surface area contributed by atoms with Gasteiger partial charge >= 0.3 is 0 Å². The molecule has 50 valence electrons. The fraction of sp³-hybridized carbons (Fsp3) is 0.667. The number of tetrazole rings is 1. The van der Waals surface area contributed by atoms with E-state index in [2.05, 4.69) is 15.5 Å². The second-order valence-corrected chi connectivity index (χ2v) is 2.08. The third-order valence-electron chi connectivity index (χ3n) is 0.816. The summed E-state index contributed by atoms with van der Waals surface area (Å²) in [6.07, 6.45) is 1.85. The van der Waals surface area contributed by atoms with Crippen LogP contribution in [0.2, 0.25) is 0 Å². The number of rotatable bonds is 2. The molecule has 0 spiro atoms. The van der Waals surface area contributed by atoms with Gasteiger partial charge in [0, 0.05) is 0 Å². The maximum absolute atomic E-state index is 8.55. The predicted molar refractivity (Wildman–Crippen MR) is 31.8 cm³/mol. The number of hydrogen-bond acceptors (Lipinski definition) is 5. The summed E-state index contributed by atoms with van der Waals surface area (Å²) >= 11 is 1.39. The molecule has 0 bridgehead atoms. The molecule has 1 rings (SSSR count). The topological polar surface area (TPSA) is 63.8 Å². The van der Waals surface area contributed by atoms with Crippen LogP contribution in [-0.2, 0) is 6.73 Å². The largest absolute Gasteiger partial charge is 0.374 e. The molecular formula is C3H6N4OS. The Bertz CT molecular complexity index is 169. The number of thioether (sulfide) groups is 1. The van der Waals surface area contributed by atoms with E-state index in [4.69, 9.17) is 5.11 Å². The molecule has 0 saturated heterocycles. The van der Waals surface area contributed by atoms with Gasteiger partial charge in [0.05, 0.1) is 0 Å². The normalized spacial score (nSPS) is 10.0. The van der Waals surface area contributed by atoms with Crippen LogP contribution >= 0.6 is 11.8 Å². The van der Waals surface area contributed by atoms with E-state index in [9.17, 15) is 0 Å². The number of hydrogen-bond donors (Lipinski definition) is 1. The molecule has 0 aromatic carbocycles. The SMILES string of the molecule is CSc1nnnn1CO. The van der Waals surface area contributed by atoms with Gasteiger partial charge in [-0.2, -0.15) is 4.68 Å². The van der Waals surface area contributed by atoms with Crippen LogP contribution in [0.1, 0.15) is 0 Å². The highest BCUT2D eigenvalue weighted by Crippen LogP contribution is 2.06. The van der Waals surface area contributed by atoms with Crippen LogP contribution in [0.15, 0.2) is 5.16 Å². The Labute approximate surface area is 56.1 Å². The third-order valence-corrected chi connectivity index (χ3v) is 1.47. The van der Waals surface area contributed by atoms with E-state index in [0.29, 0.717) is 5.16 Å². The van der Waals surface area contributed by atoms with E-state index < -0.39 is 0 Å². The van der Waals surface area contributed by atoms with Crippen LogP contribution in [0, 0.1) is 0 Å². The van der Waals surface area contributed by atoms with Crippen LogP contribution in [0.3, 0.4) is 0 Å². The lowest BCUT2D eigenvalue weighted by atomic mass is 11.1. The number of nitrogens with zero attached hydrogens (tertiary/aromatic N) is 4. The lowest BCUT2D eigenvalue weighted by Gasteiger charge is -1.92. The van der Waals surface area contributed by atoms with Gasteiger partial charge in [-0.05, 0) is 16.7 Å². The minimum Gasteiger partial charge on any atom is -0.374 e. The first-order chi connectivity index (χ1) is 4.38. The van der Waals surface area contributed by atoms with E-state index in [1.807, 2.05) is 6.26 Å². The molecule has 1 aromatic rings. The smallest absolute Gasteiger partial charge is 0.211 e. The zero-order valence-corrected chi connectivity index (χ0v) is 5.67. The molecule has 0 unspecified atom stereocenters. The molecule has 0 saturated carbocycles. The number of aliphatic hydroxyl groups is 1. The Kier molecular flexibility index (Phi) is 2.01. The first kappa shape index (κ1) is 6.50. The fourth-order valence-electron chi connectivity index (χ4n) is 0.431. The van der Waals surface area contributed by atoms with Crippen molar-refractivity contribution >= 4 is 11.8 Å². The van der Waals surface area contributed by atoms with Crippen LogP contribution in [0.5, 0.6) is 0 Å². The van der Waals surface area contributed by atoms with E-state index in [-0.39, 0.29) is 6.73 Å². The molecule has 1 aromatic heterocycles. The molecule has 0 radical (unpaired) electrons. The van der Waals surface area contributed by atoms with Gasteiger partial charge in [0.25, 0.3) is 0 Å². The molecule has 0 atom stereocenters. The van der Waals surface area contributed by atoms with Crippen LogP contribution < -0.4 is 0 Å². The molecule has 0 aliphatic rings. The van der Waals surface area contributed by atoms with Crippen LogP contribution in [0.25, 0.3) is 0 Å². The van der Waals surface area contributed by atoms with Crippen LogP contribution in [-0.4, -0.2) is 31.6 Å². The minimum absolute atomic E-state index is 0.164. The maximum Gasteiger partial charge on any atom is 0.211 e. The van der Waals surface area contributed by atoms with Crippen molar-refractivity contribution in [2.75, 3.05) is 6.26 Å². The minimum atomic E-state index is -0.164. The molecule has 1 N–H and O–H groups in total. The van der Waals surface area contributed by atoms with Crippen molar-refractivity contribution in [1.82, 2.24) is 20.2 Å². The van der Waals surface area contributed by atoms with Gasteiger partial charge in [0.2, 0.25) is 5.16 Å². The maximum atomic E-state index is 8.55. The second-order valence-electron chi connectivity index (χ2n) is 1.31. The highest BCUT2D eigenvalue weighted by atomic mass is 32.2. The summed E-state index contributed by atoms with van der Waals surface area (Å²) in [6.45, 7) is -0.164. The average molecular weight is 146 g/mol. The van der Waals surface area contributed by atoms with Gasteiger partial charge in [-0.3, -0.25) is 0 Å². The Balaban J connectivity index is 2.85. The fourth-order valence-corrected chi connectivity index (χ4v) is 0.855. The summed E-state index contributed by atoms with van der Waals surface area (Å²) in [5, 5.41) is 19.6. The van der Waals surface area contributed by atoms with Gasteiger partial charge in [-0.15, -0.1) is 5.10 Å². The monoisotopic (exact) mass is 146 g/mol. The van der Waals surface area contributed by atoms with Gasteiger partial charge in [0.1, 0.15) is 6.73 Å². The quantitative estimate of drug-likeness (QED) is 0.561.